The van der Waals surface area contributed by atoms with Gasteiger partial charge in [0.15, 0.2) is 5.69 Å². The first-order chi connectivity index (χ1) is 31.7. The van der Waals surface area contributed by atoms with E-state index in [0.717, 1.165) is 36.1 Å². The largest absolute Gasteiger partial charge is 0.457 e. The van der Waals surface area contributed by atoms with E-state index in [-0.39, 0.29) is 54.9 Å². The van der Waals surface area contributed by atoms with E-state index in [1.165, 1.54) is 4.90 Å². The molecule has 4 aliphatic rings. The fraction of sp³-hybridized carbons (Fsp3) is 0.362. The zero-order valence-electron chi connectivity index (χ0n) is 35.6. The van der Waals surface area contributed by atoms with Gasteiger partial charge in [0, 0.05) is 49.3 Å². The van der Waals surface area contributed by atoms with E-state index < -0.39 is 17.9 Å². The van der Waals surface area contributed by atoms with Crippen LogP contribution in [0.25, 0.3) is 11.3 Å². The lowest BCUT2D eigenvalue weighted by molar-refractivity contribution is -0.136. The van der Waals surface area contributed by atoms with Gasteiger partial charge in [-0.05, 0) is 85.7 Å². The lowest BCUT2D eigenvalue weighted by Gasteiger charge is -2.38. The van der Waals surface area contributed by atoms with Crippen LogP contribution in [0.3, 0.4) is 0 Å². The molecule has 2 fully saturated rings. The van der Waals surface area contributed by atoms with Crippen LogP contribution in [0.2, 0.25) is 0 Å². The second kappa shape index (κ2) is 19.2. The van der Waals surface area contributed by atoms with Crippen LogP contribution in [0.1, 0.15) is 80.5 Å². The Morgan fingerprint density at radius 3 is 2.45 bits per heavy atom. The van der Waals surface area contributed by atoms with Gasteiger partial charge in [-0.3, -0.25) is 29.3 Å². The van der Waals surface area contributed by atoms with E-state index in [1.54, 1.807) is 23.0 Å². The molecule has 9 rings (SSSR count). The summed E-state index contributed by atoms with van der Waals surface area (Å²) in [6, 6.07) is 21.6. The smallest absolute Gasteiger partial charge is 0.276 e. The molecule has 1 unspecified atom stereocenters. The van der Waals surface area contributed by atoms with Crippen molar-refractivity contribution in [3.8, 4) is 34.6 Å². The highest BCUT2D eigenvalue weighted by Crippen LogP contribution is 2.40. The van der Waals surface area contributed by atoms with Crippen LogP contribution in [0.15, 0.2) is 79.0 Å². The van der Waals surface area contributed by atoms with Gasteiger partial charge in [0.25, 0.3) is 17.7 Å². The Balaban J connectivity index is 0.710. The predicted octanol–water partition coefficient (Wildman–Crippen LogP) is 3.79. The van der Waals surface area contributed by atoms with Crippen LogP contribution >= 0.6 is 0 Å². The van der Waals surface area contributed by atoms with Crippen LogP contribution in [0, 0.1) is 17.8 Å². The third kappa shape index (κ3) is 9.33. The van der Waals surface area contributed by atoms with Crippen molar-refractivity contribution in [1.29, 1.82) is 0 Å². The van der Waals surface area contributed by atoms with Gasteiger partial charge in [-0.15, -0.1) is 5.10 Å². The van der Waals surface area contributed by atoms with Crippen molar-refractivity contribution in [2.45, 2.75) is 57.3 Å². The quantitative estimate of drug-likeness (QED) is 0.0825. The Kier molecular flexibility index (Phi) is 12.7. The number of primary amides is 1. The minimum Gasteiger partial charge on any atom is -0.457 e. The summed E-state index contributed by atoms with van der Waals surface area (Å²) in [5.74, 6) is 6.57. The van der Waals surface area contributed by atoms with E-state index in [0.29, 0.717) is 86.4 Å². The Bertz CT molecular complexity index is 2660. The highest BCUT2D eigenvalue weighted by atomic mass is 16.5. The van der Waals surface area contributed by atoms with Gasteiger partial charge in [0.05, 0.1) is 38.6 Å². The Morgan fingerprint density at radius 2 is 1.66 bits per heavy atom. The van der Waals surface area contributed by atoms with Gasteiger partial charge >= 0.3 is 0 Å². The Hall–Kier alpha value is -7.36. The Labute approximate surface area is 374 Å². The van der Waals surface area contributed by atoms with E-state index in [4.69, 9.17) is 25.0 Å². The number of ether oxygens (including phenoxy) is 3. The summed E-state index contributed by atoms with van der Waals surface area (Å²) in [6.45, 7) is 3.57. The van der Waals surface area contributed by atoms with Gasteiger partial charge < -0.3 is 35.1 Å². The number of fused-ring (bicyclic) bond motifs is 2. The molecule has 0 bridgehead atoms. The minimum absolute atomic E-state index is 0.0279. The first-order valence-corrected chi connectivity index (χ1v) is 21.8. The molecule has 0 radical (unpaired) electrons. The van der Waals surface area contributed by atoms with Crippen molar-refractivity contribution in [3.05, 3.63) is 107 Å². The third-order valence-corrected chi connectivity index (χ3v) is 12.3. The second-order valence-electron chi connectivity index (χ2n) is 16.3. The number of hydrogen-bond acceptors (Lipinski definition) is 12. The summed E-state index contributed by atoms with van der Waals surface area (Å²) in [7, 11) is 0. The summed E-state index contributed by atoms with van der Waals surface area (Å²) in [5, 5.41) is 19.0. The van der Waals surface area contributed by atoms with Crippen LogP contribution in [0.5, 0.6) is 11.5 Å². The molecule has 4 N–H and O–H groups in total. The van der Waals surface area contributed by atoms with Crippen molar-refractivity contribution < 1.29 is 38.2 Å². The predicted molar refractivity (Wildman–Crippen MR) is 234 cm³/mol. The van der Waals surface area contributed by atoms with E-state index in [9.17, 15) is 24.0 Å². The maximum absolute atomic E-state index is 13.5. The number of aromatic nitrogens is 5. The van der Waals surface area contributed by atoms with E-state index >= 15 is 0 Å². The first-order valence-electron chi connectivity index (χ1n) is 21.8. The number of piperidine rings is 2. The van der Waals surface area contributed by atoms with Crippen molar-refractivity contribution >= 4 is 35.4 Å². The number of nitrogens with two attached hydrogens (primary N) is 1. The lowest BCUT2D eigenvalue weighted by atomic mass is 9.86. The van der Waals surface area contributed by atoms with Gasteiger partial charge in [-0.1, -0.05) is 41.3 Å². The van der Waals surface area contributed by atoms with Gasteiger partial charge in [0.1, 0.15) is 41.2 Å². The highest BCUT2D eigenvalue weighted by Gasteiger charge is 2.40. The maximum Gasteiger partial charge on any atom is 0.276 e. The molecule has 18 heteroatoms. The zero-order valence-corrected chi connectivity index (χ0v) is 35.6. The Morgan fingerprint density at radius 1 is 0.877 bits per heavy atom. The fourth-order valence-corrected chi connectivity index (χ4v) is 8.97. The van der Waals surface area contributed by atoms with E-state index in [2.05, 4.69) is 32.8 Å². The first kappa shape index (κ1) is 42.9. The molecule has 0 saturated carbocycles. The molecule has 2 saturated heterocycles. The SMILES string of the molecule is NC(=O)c1c(-c2ccc(Oc3ccccc3)cc2)nn2c1NCC[C@H]2C1CCN(C(=O)c2cn(CCOCCOCC#Cc3cccc4c3CN(C3CCC(=O)NC3=O)C4=O)nn2)CC1. The molecule has 3 aromatic carbocycles. The summed E-state index contributed by atoms with van der Waals surface area (Å²) < 4.78 is 20.8. The third-order valence-electron chi connectivity index (χ3n) is 12.3. The molecular formula is C47H48N10O8. The summed E-state index contributed by atoms with van der Waals surface area (Å²) >= 11 is 0. The van der Waals surface area contributed by atoms with Crippen LogP contribution in [0.4, 0.5) is 5.82 Å². The molecule has 5 amide bonds. The number of benzene rings is 3. The second-order valence-corrected chi connectivity index (χ2v) is 16.3. The number of rotatable bonds is 14. The highest BCUT2D eigenvalue weighted by molar-refractivity contribution is 6.06. The number of nitrogens with one attached hydrogen (secondary N) is 2. The maximum atomic E-state index is 13.5. The average molecular weight is 881 g/mol. The van der Waals surface area contributed by atoms with Crippen LogP contribution in [-0.4, -0.2) is 116 Å². The number of likely N-dealkylation sites (tertiary alicyclic amines) is 1. The molecule has 0 aliphatic carbocycles. The monoisotopic (exact) mass is 880 g/mol. The lowest BCUT2D eigenvalue weighted by Crippen LogP contribution is -2.52. The number of hydrogen-bond donors (Lipinski definition) is 3. The van der Waals surface area contributed by atoms with Crippen molar-refractivity contribution in [2.24, 2.45) is 11.7 Å². The number of carbonyl (C=O) groups is 5. The molecule has 4 aliphatic heterocycles. The zero-order chi connectivity index (χ0) is 44.9. The number of nitrogens with zero attached hydrogens (tertiary/aromatic N) is 7. The number of anilines is 1. The summed E-state index contributed by atoms with van der Waals surface area (Å²) in [6.07, 6.45) is 4.47. The van der Waals surface area contributed by atoms with Crippen LogP contribution < -0.4 is 21.1 Å². The summed E-state index contributed by atoms with van der Waals surface area (Å²) in [5.41, 5.74) is 9.81. The molecule has 0 spiro atoms. The normalized spacial score (nSPS) is 18.3. The number of amides is 5. The van der Waals surface area contributed by atoms with Gasteiger partial charge in [-0.25, -0.2) is 9.36 Å². The van der Waals surface area contributed by atoms with Gasteiger partial charge in [0.2, 0.25) is 11.8 Å². The molecule has 6 heterocycles. The topological polar surface area (TPSA) is 218 Å². The average Bonchev–Trinajstić information content (AvgIpc) is 4.05. The molecule has 65 heavy (non-hydrogen) atoms. The molecule has 334 valence electrons. The van der Waals surface area contributed by atoms with Crippen molar-refractivity contribution in [2.75, 3.05) is 51.4 Å². The molecule has 5 aromatic rings. The molecule has 2 aromatic heterocycles. The van der Waals surface area contributed by atoms with Gasteiger partial charge in [-0.2, -0.15) is 5.10 Å². The number of imide groups is 1. The molecule has 2 atom stereocenters. The standard InChI is InChI=1S/C47H48N10O8/c48-43(59)41-42(32-11-13-34(14-12-32)65-33-8-2-1-3-9-33)52-57-38(17-20-49-44(41)57)31-18-21-54(22-19-31)47(62)37-29-55(53-51-37)23-25-64-27-26-63-24-5-7-30-6-4-10-35-36(30)28-56(46(35)61)39-15-16-40(58)50-45(39)60/h1-4,6,8-14,29,31,38-39,49H,15-28H2,(H2,48,59)(H,50,58,60)/t38-,39?/m0/s1. The minimum atomic E-state index is -0.685. The molecule has 18 nitrogen and oxygen atoms in total. The fourth-order valence-electron chi connectivity index (χ4n) is 8.97. The molecular weight excluding hydrogens is 833 g/mol. The number of para-hydroxylation sites is 1. The van der Waals surface area contributed by atoms with Crippen molar-refractivity contribution in [3.63, 3.8) is 0 Å². The van der Waals surface area contributed by atoms with Crippen molar-refractivity contribution in [1.82, 2.24) is 39.9 Å². The summed E-state index contributed by atoms with van der Waals surface area (Å²) in [4.78, 5) is 66.7. The van der Waals surface area contributed by atoms with E-state index in [1.807, 2.05) is 70.2 Å². The van der Waals surface area contributed by atoms with Crippen LogP contribution in [-0.2, 0) is 32.2 Å². The number of carbonyl (C=O) groups excluding carboxylic acids is 5.